The van der Waals surface area contributed by atoms with Crippen molar-refractivity contribution in [3.63, 3.8) is 0 Å². The maximum absolute atomic E-state index is 12.6. The molecule has 3 aliphatic heterocycles. The highest BCUT2D eigenvalue weighted by atomic mass is 32.1. The van der Waals surface area contributed by atoms with Gasteiger partial charge in [0.05, 0.1) is 23.6 Å². The van der Waals surface area contributed by atoms with E-state index in [4.69, 9.17) is 25.2 Å². The number of fused-ring (bicyclic) bond motifs is 1. The zero-order valence-corrected chi connectivity index (χ0v) is 21.0. The van der Waals surface area contributed by atoms with Crippen LogP contribution in [0.15, 0.2) is 36.4 Å². The summed E-state index contributed by atoms with van der Waals surface area (Å²) < 4.78 is 12.5. The van der Waals surface area contributed by atoms with Crippen molar-refractivity contribution < 1.29 is 14.3 Å². The number of hydrogen-bond donors (Lipinski definition) is 1. The van der Waals surface area contributed by atoms with Gasteiger partial charge in [-0.25, -0.2) is 4.98 Å². The number of carbonyl (C=O) groups excluding carboxylic acids is 1. The number of amides is 1. The molecule has 3 aromatic heterocycles. The van der Waals surface area contributed by atoms with Gasteiger partial charge in [-0.3, -0.25) is 14.7 Å². The van der Waals surface area contributed by atoms with E-state index in [0.717, 1.165) is 71.6 Å². The Labute approximate surface area is 213 Å². The summed E-state index contributed by atoms with van der Waals surface area (Å²) in [5.41, 5.74) is 9.33. The standard InChI is InChI=1S/C25H29N7O3S/c1-16-17(6-5-7-27-16)24-32(19(15-35-24)21(26)33)18-14-20-22(28-23(18)30-8-3-2-4-9-30)29-25(36-20)31-10-12-34-13-11-31/h5-7,14-15,24H,2-4,8-13H2,1H3,(H2,26,33). The SMILES string of the molecule is Cc1ncccc1C1OC=C(C(N)=O)N1c1cc2sc(N3CCOCC3)nc2nc1N1CCCCC1. The van der Waals surface area contributed by atoms with Crippen LogP contribution in [0.3, 0.4) is 0 Å². The van der Waals surface area contributed by atoms with Gasteiger partial charge in [0.2, 0.25) is 6.23 Å². The summed E-state index contributed by atoms with van der Waals surface area (Å²) in [5, 5.41) is 0.936. The molecule has 0 aromatic carbocycles. The van der Waals surface area contributed by atoms with E-state index in [1.807, 2.05) is 24.0 Å². The van der Waals surface area contributed by atoms with Crippen LogP contribution in [0.2, 0.25) is 0 Å². The summed E-state index contributed by atoms with van der Waals surface area (Å²) in [6.45, 7) is 6.73. The predicted octanol–water partition coefficient (Wildman–Crippen LogP) is 3.08. The number of pyridine rings is 2. The molecule has 2 N–H and O–H groups in total. The highest BCUT2D eigenvalue weighted by molar-refractivity contribution is 7.22. The zero-order valence-electron chi connectivity index (χ0n) is 20.2. The largest absolute Gasteiger partial charge is 0.471 e. The van der Waals surface area contributed by atoms with Crippen LogP contribution in [-0.4, -0.2) is 60.3 Å². The first-order valence-electron chi connectivity index (χ1n) is 12.4. The molecule has 11 heteroatoms. The Morgan fingerprint density at radius 2 is 1.92 bits per heavy atom. The van der Waals surface area contributed by atoms with Gasteiger partial charge in [-0.05, 0) is 44.4 Å². The highest BCUT2D eigenvalue weighted by Gasteiger charge is 2.37. The number of piperidine rings is 1. The van der Waals surface area contributed by atoms with Crippen molar-refractivity contribution in [2.45, 2.75) is 32.4 Å². The molecular weight excluding hydrogens is 478 g/mol. The van der Waals surface area contributed by atoms with Crippen LogP contribution >= 0.6 is 11.3 Å². The lowest BCUT2D eigenvalue weighted by molar-refractivity contribution is -0.114. The van der Waals surface area contributed by atoms with Gasteiger partial charge in [-0.15, -0.1) is 0 Å². The first-order chi connectivity index (χ1) is 17.6. The zero-order chi connectivity index (χ0) is 24.6. The quantitative estimate of drug-likeness (QED) is 0.557. The number of nitrogens with zero attached hydrogens (tertiary/aromatic N) is 6. The molecule has 0 radical (unpaired) electrons. The van der Waals surface area contributed by atoms with E-state index >= 15 is 0 Å². The predicted molar refractivity (Wildman–Crippen MR) is 139 cm³/mol. The third kappa shape index (κ3) is 4.11. The lowest BCUT2D eigenvalue weighted by Crippen LogP contribution is -2.36. The number of anilines is 3. The van der Waals surface area contributed by atoms with Gasteiger partial charge < -0.3 is 25.0 Å². The highest BCUT2D eigenvalue weighted by Crippen LogP contribution is 2.44. The minimum atomic E-state index is -0.573. The van der Waals surface area contributed by atoms with Gasteiger partial charge in [-0.2, -0.15) is 4.98 Å². The van der Waals surface area contributed by atoms with Crippen LogP contribution < -0.4 is 20.4 Å². The van der Waals surface area contributed by atoms with Gasteiger partial charge in [0.15, 0.2) is 16.6 Å². The number of nitrogens with two attached hydrogens (primary N) is 1. The molecule has 3 aromatic rings. The summed E-state index contributed by atoms with van der Waals surface area (Å²) >= 11 is 1.60. The number of ether oxygens (including phenoxy) is 2. The Morgan fingerprint density at radius 3 is 2.67 bits per heavy atom. The number of aryl methyl sites for hydroxylation is 1. The van der Waals surface area contributed by atoms with Crippen molar-refractivity contribution in [3.8, 4) is 0 Å². The number of primary amides is 1. The van der Waals surface area contributed by atoms with Gasteiger partial charge in [0.25, 0.3) is 5.91 Å². The second-order valence-corrected chi connectivity index (χ2v) is 10.2. The van der Waals surface area contributed by atoms with Crippen LogP contribution in [0.1, 0.15) is 36.7 Å². The van der Waals surface area contributed by atoms with E-state index in [-0.39, 0.29) is 0 Å². The topological polar surface area (TPSA) is 110 Å². The van der Waals surface area contributed by atoms with Crippen LogP contribution in [0.4, 0.5) is 16.6 Å². The molecule has 3 aliphatic rings. The van der Waals surface area contributed by atoms with Gasteiger partial charge in [-0.1, -0.05) is 11.3 Å². The maximum atomic E-state index is 12.6. The summed E-state index contributed by atoms with van der Waals surface area (Å²) in [7, 11) is 0. The molecule has 1 amide bonds. The molecule has 1 unspecified atom stereocenters. The fourth-order valence-corrected chi connectivity index (χ4v) is 6.01. The molecule has 36 heavy (non-hydrogen) atoms. The number of rotatable bonds is 5. The summed E-state index contributed by atoms with van der Waals surface area (Å²) in [5.74, 6) is 0.243. The third-order valence-electron chi connectivity index (χ3n) is 6.90. The normalized spacial score (nSPS) is 20.5. The Kier molecular flexibility index (Phi) is 6.10. The summed E-state index contributed by atoms with van der Waals surface area (Å²) in [6, 6.07) is 5.92. The number of morpholine rings is 1. The smallest absolute Gasteiger partial charge is 0.268 e. The van der Waals surface area contributed by atoms with Crippen LogP contribution in [0.25, 0.3) is 10.3 Å². The Bertz CT molecular complexity index is 1310. The molecule has 188 valence electrons. The van der Waals surface area contributed by atoms with Crippen LogP contribution in [0, 0.1) is 6.92 Å². The second kappa shape index (κ2) is 9.55. The summed E-state index contributed by atoms with van der Waals surface area (Å²) in [6.07, 6.45) is 6.01. The van der Waals surface area contributed by atoms with E-state index < -0.39 is 12.1 Å². The molecule has 0 saturated carbocycles. The first-order valence-corrected chi connectivity index (χ1v) is 13.2. The molecule has 6 rings (SSSR count). The molecule has 2 saturated heterocycles. The molecule has 0 spiro atoms. The Morgan fingerprint density at radius 1 is 1.11 bits per heavy atom. The maximum Gasteiger partial charge on any atom is 0.268 e. The van der Waals surface area contributed by atoms with E-state index in [2.05, 4.69) is 20.9 Å². The van der Waals surface area contributed by atoms with Crippen molar-refractivity contribution >= 4 is 44.2 Å². The minimum absolute atomic E-state index is 0.292. The van der Waals surface area contributed by atoms with Crippen LogP contribution in [0.5, 0.6) is 0 Å². The monoisotopic (exact) mass is 507 g/mol. The minimum Gasteiger partial charge on any atom is -0.471 e. The lowest BCUT2D eigenvalue weighted by Gasteiger charge is -2.34. The van der Waals surface area contributed by atoms with Gasteiger partial charge in [0, 0.05) is 43.6 Å². The van der Waals surface area contributed by atoms with Crippen molar-refractivity contribution in [1.29, 1.82) is 0 Å². The first kappa shape index (κ1) is 23.0. The van der Waals surface area contributed by atoms with Gasteiger partial charge >= 0.3 is 0 Å². The number of aromatic nitrogens is 3. The van der Waals surface area contributed by atoms with Crippen molar-refractivity contribution in [2.24, 2.45) is 5.73 Å². The molecule has 0 bridgehead atoms. The Balaban J connectivity index is 1.50. The average molecular weight is 508 g/mol. The molecule has 6 heterocycles. The molecular formula is C25H29N7O3S. The fourth-order valence-electron chi connectivity index (χ4n) is 5.01. The average Bonchev–Trinajstić information content (AvgIpc) is 3.54. The van der Waals surface area contributed by atoms with Crippen LogP contribution in [-0.2, 0) is 14.3 Å². The number of thiazole rings is 1. The van der Waals surface area contributed by atoms with Crippen molar-refractivity contribution in [3.05, 3.63) is 47.6 Å². The fraction of sp³-hybridized carbons (Fsp3) is 0.440. The lowest BCUT2D eigenvalue weighted by atomic mass is 10.1. The molecule has 1 atom stereocenters. The number of hydrogen-bond acceptors (Lipinski definition) is 10. The van der Waals surface area contributed by atoms with E-state index in [1.165, 1.54) is 12.7 Å². The Hall–Kier alpha value is -3.44. The van der Waals surface area contributed by atoms with Gasteiger partial charge in [0.1, 0.15) is 12.0 Å². The van der Waals surface area contributed by atoms with Crippen molar-refractivity contribution in [2.75, 3.05) is 54.1 Å². The number of carbonyl (C=O) groups is 1. The molecule has 10 nitrogen and oxygen atoms in total. The van der Waals surface area contributed by atoms with E-state index in [1.54, 1.807) is 17.5 Å². The molecule has 2 fully saturated rings. The van der Waals surface area contributed by atoms with Crippen molar-refractivity contribution in [1.82, 2.24) is 15.0 Å². The summed E-state index contributed by atoms with van der Waals surface area (Å²) in [4.78, 5) is 33.4. The van der Waals surface area contributed by atoms with E-state index in [9.17, 15) is 4.79 Å². The van der Waals surface area contributed by atoms with E-state index in [0.29, 0.717) is 24.6 Å². The second-order valence-electron chi connectivity index (χ2n) is 9.20. The third-order valence-corrected chi connectivity index (χ3v) is 7.95. The molecule has 0 aliphatic carbocycles.